The van der Waals surface area contributed by atoms with Crippen molar-refractivity contribution in [2.24, 2.45) is 0 Å². The number of hydrogen-bond donors (Lipinski definition) is 1. The molecule has 1 N–H and O–H groups in total. The molecule has 0 aliphatic rings. The first-order valence-corrected chi connectivity index (χ1v) is 6.12. The van der Waals surface area contributed by atoms with Crippen LogP contribution in [0.1, 0.15) is 17.2 Å². The fraction of sp³-hybridized carbons (Fsp3) is 0.231. The van der Waals surface area contributed by atoms with E-state index in [1.54, 1.807) is 18.6 Å². The van der Waals surface area contributed by atoms with Crippen LogP contribution in [0.3, 0.4) is 0 Å². The molecule has 17 heavy (non-hydrogen) atoms. The van der Waals surface area contributed by atoms with Gasteiger partial charge in [0.05, 0.1) is 12.5 Å². The molecule has 1 atom stereocenters. The van der Waals surface area contributed by atoms with E-state index in [0.717, 1.165) is 22.0 Å². The van der Waals surface area contributed by atoms with Crippen molar-refractivity contribution in [1.82, 2.24) is 5.32 Å². The first-order valence-electron chi connectivity index (χ1n) is 5.33. The van der Waals surface area contributed by atoms with Gasteiger partial charge in [-0.2, -0.15) is 0 Å². The highest BCUT2D eigenvalue weighted by atomic mass is 79.9. The first-order chi connectivity index (χ1) is 8.19. The molecule has 0 aliphatic heterocycles. The van der Waals surface area contributed by atoms with Crippen LogP contribution < -0.4 is 5.32 Å². The van der Waals surface area contributed by atoms with E-state index in [0.29, 0.717) is 0 Å². The van der Waals surface area contributed by atoms with E-state index in [4.69, 9.17) is 4.42 Å². The number of rotatable bonds is 4. The molecule has 2 nitrogen and oxygen atoms in total. The molecule has 0 radical (unpaired) electrons. The lowest BCUT2D eigenvalue weighted by molar-refractivity contribution is 0.549. The molecule has 1 heterocycles. The fourth-order valence-corrected chi connectivity index (χ4v) is 2.29. The second kappa shape index (κ2) is 5.47. The first kappa shape index (κ1) is 12.3. The van der Waals surface area contributed by atoms with Crippen molar-refractivity contribution >= 4 is 15.9 Å². The lowest BCUT2D eigenvalue weighted by Gasteiger charge is -2.16. The van der Waals surface area contributed by atoms with Gasteiger partial charge in [0.15, 0.2) is 0 Å². The van der Waals surface area contributed by atoms with Crippen molar-refractivity contribution in [2.45, 2.75) is 12.5 Å². The van der Waals surface area contributed by atoms with Gasteiger partial charge in [0.2, 0.25) is 0 Å². The zero-order valence-electron chi connectivity index (χ0n) is 9.41. The van der Waals surface area contributed by atoms with Gasteiger partial charge in [-0.15, -0.1) is 0 Å². The number of furan rings is 1. The SMILES string of the molecule is CNC(Cc1ccoc1)c1cc(F)cc(Br)c1. The van der Waals surface area contributed by atoms with Crippen molar-refractivity contribution in [2.75, 3.05) is 7.05 Å². The number of nitrogens with one attached hydrogen (secondary N) is 1. The van der Waals surface area contributed by atoms with Gasteiger partial charge in [-0.1, -0.05) is 15.9 Å². The van der Waals surface area contributed by atoms with Gasteiger partial charge < -0.3 is 9.73 Å². The van der Waals surface area contributed by atoms with Crippen LogP contribution in [0.4, 0.5) is 4.39 Å². The van der Waals surface area contributed by atoms with Gasteiger partial charge in [0.25, 0.3) is 0 Å². The summed E-state index contributed by atoms with van der Waals surface area (Å²) in [6, 6.07) is 6.91. The lowest BCUT2D eigenvalue weighted by atomic mass is 10.0. The van der Waals surface area contributed by atoms with Crippen LogP contribution in [0.15, 0.2) is 45.7 Å². The van der Waals surface area contributed by atoms with E-state index < -0.39 is 0 Å². The molecule has 0 saturated heterocycles. The summed E-state index contributed by atoms with van der Waals surface area (Å²) in [6.07, 6.45) is 4.12. The summed E-state index contributed by atoms with van der Waals surface area (Å²) in [7, 11) is 1.86. The predicted octanol–water partition coefficient (Wildman–Crippen LogP) is 3.68. The lowest BCUT2D eigenvalue weighted by Crippen LogP contribution is -2.18. The Balaban J connectivity index is 2.22. The number of halogens is 2. The van der Waals surface area contributed by atoms with Gasteiger partial charge in [-0.25, -0.2) is 4.39 Å². The zero-order chi connectivity index (χ0) is 12.3. The number of benzene rings is 1. The summed E-state index contributed by atoms with van der Waals surface area (Å²) in [6.45, 7) is 0. The Hall–Kier alpha value is -1.13. The van der Waals surface area contributed by atoms with Crippen molar-refractivity contribution < 1.29 is 8.81 Å². The molecule has 4 heteroatoms. The van der Waals surface area contributed by atoms with Gasteiger partial charge in [0.1, 0.15) is 5.82 Å². The zero-order valence-corrected chi connectivity index (χ0v) is 11.0. The summed E-state index contributed by atoms with van der Waals surface area (Å²) in [4.78, 5) is 0. The molecule has 2 aromatic rings. The molecule has 0 amide bonds. The molecular weight excluding hydrogens is 285 g/mol. The summed E-state index contributed by atoms with van der Waals surface area (Å²) < 4.78 is 19.1. The van der Waals surface area contributed by atoms with Gasteiger partial charge >= 0.3 is 0 Å². The van der Waals surface area contributed by atoms with Crippen LogP contribution in [0.25, 0.3) is 0 Å². The van der Waals surface area contributed by atoms with E-state index in [2.05, 4.69) is 21.2 Å². The van der Waals surface area contributed by atoms with Gasteiger partial charge in [-0.3, -0.25) is 0 Å². The van der Waals surface area contributed by atoms with Crippen LogP contribution in [0, 0.1) is 5.82 Å². The molecule has 0 bridgehead atoms. The average molecular weight is 298 g/mol. The molecule has 0 saturated carbocycles. The van der Waals surface area contributed by atoms with Crippen molar-refractivity contribution in [1.29, 1.82) is 0 Å². The van der Waals surface area contributed by atoms with E-state index in [1.165, 1.54) is 6.07 Å². The molecule has 1 unspecified atom stereocenters. The Bertz CT molecular complexity index is 464. The van der Waals surface area contributed by atoms with E-state index in [-0.39, 0.29) is 11.9 Å². The Labute approximate surface area is 108 Å². The number of hydrogen-bond acceptors (Lipinski definition) is 2. The Morgan fingerprint density at radius 2 is 2.24 bits per heavy atom. The Morgan fingerprint density at radius 3 is 2.82 bits per heavy atom. The minimum absolute atomic E-state index is 0.0691. The van der Waals surface area contributed by atoms with Crippen molar-refractivity contribution in [3.8, 4) is 0 Å². The van der Waals surface area contributed by atoms with E-state index in [9.17, 15) is 4.39 Å². The molecular formula is C13H13BrFNO. The minimum atomic E-state index is -0.234. The summed E-state index contributed by atoms with van der Waals surface area (Å²) in [5.74, 6) is -0.234. The van der Waals surface area contributed by atoms with Crippen LogP contribution in [0.5, 0.6) is 0 Å². The van der Waals surface area contributed by atoms with Gasteiger partial charge in [0, 0.05) is 10.5 Å². The molecule has 0 fully saturated rings. The van der Waals surface area contributed by atoms with Crippen LogP contribution in [-0.4, -0.2) is 7.05 Å². The van der Waals surface area contributed by atoms with Crippen LogP contribution >= 0.6 is 15.9 Å². The number of likely N-dealkylation sites (N-methyl/N-ethyl adjacent to an activating group) is 1. The summed E-state index contributed by atoms with van der Waals surface area (Å²) >= 11 is 3.30. The monoisotopic (exact) mass is 297 g/mol. The highest BCUT2D eigenvalue weighted by Gasteiger charge is 2.12. The Kier molecular flexibility index (Phi) is 3.97. The third-order valence-electron chi connectivity index (χ3n) is 2.66. The van der Waals surface area contributed by atoms with Crippen LogP contribution in [0.2, 0.25) is 0 Å². The average Bonchev–Trinajstić information content (AvgIpc) is 2.77. The van der Waals surface area contributed by atoms with E-state index in [1.807, 2.05) is 19.2 Å². The smallest absolute Gasteiger partial charge is 0.124 e. The summed E-state index contributed by atoms with van der Waals surface area (Å²) in [5.41, 5.74) is 2.00. The maximum Gasteiger partial charge on any atom is 0.124 e. The normalized spacial score (nSPS) is 12.6. The highest BCUT2D eigenvalue weighted by molar-refractivity contribution is 9.10. The van der Waals surface area contributed by atoms with Crippen molar-refractivity contribution in [3.63, 3.8) is 0 Å². The van der Waals surface area contributed by atoms with E-state index >= 15 is 0 Å². The molecule has 2 rings (SSSR count). The highest BCUT2D eigenvalue weighted by Crippen LogP contribution is 2.23. The largest absolute Gasteiger partial charge is 0.472 e. The topological polar surface area (TPSA) is 25.2 Å². The minimum Gasteiger partial charge on any atom is -0.472 e. The predicted molar refractivity (Wildman–Crippen MR) is 68.3 cm³/mol. The molecule has 0 aliphatic carbocycles. The molecule has 1 aromatic heterocycles. The molecule has 90 valence electrons. The molecule has 0 spiro atoms. The standard InChI is InChI=1S/C13H13BrFNO/c1-16-13(4-9-2-3-17-8-9)10-5-11(14)7-12(15)6-10/h2-3,5-8,13,16H,4H2,1H3. The quantitative estimate of drug-likeness (QED) is 0.931. The van der Waals surface area contributed by atoms with Crippen LogP contribution in [-0.2, 0) is 6.42 Å². The fourth-order valence-electron chi connectivity index (χ4n) is 1.81. The Morgan fingerprint density at radius 1 is 1.41 bits per heavy atom. The van der Waals surface area contributed by atoms with Gasteiger partial charge in [-0.05, 0) is 48.9 Å². The summed E-state index contributed by atoms with van der Waals surface area (Å²) in [5, 5.41) is 3.18. The maximum absolute atomic E-state index is 13.3. The second-order valence-electron chi connectivity index (χ2n) is 3.88. The third kappa shape index (κ3) is 3.17. The third-order valence-corrected chi connectivity index (χ3v) is 3.11. The second-order valence-corrected chi connectivity index (χ2v) is 4.80. The van der Waals surface area contributed by atoms with Crippen molar-refractivity contribution in [3.05, 3.63) is 58.2 Å². The maximum atomic E-state index is 13.3. The molecule has 1 aromatic carbocycles.